The average Bonchev–Trinajstić information content (AvgIpc) is 2.74. The van der Waals surface area contributed by atoms with E-state index < -0.39 is 9.84 Å². The third kappa shape index (κ3) is 2.05. The molecule has 1 atom stereocenters. The Morgan fingerprint density at radius 3 is 2.54 bits per heavy atom. The fourth-order valence-electron chi connectivity index (χ4n) is 2.29. The summed E-state index contributed by atoms with van der Waals surface area (Å²) in [5.74, 6) is 1.26. The summed E-state index contributed by atoms with van der Waals surface area (Å²) in [6.07, 6.45) is 4.38. The highest BCUT2D eigenvalue weighted by Gasteiger charge is 2.44. The van der Waals surface area contributed by atoms with E-state index in [0.29, 0.717) is 23.0 Å². The molecule has 0 aromatic rings. The maximum atomic E-state index is 11.2. The molecule has 0 spiro atoms. The van der Waals surface area contributed by atoms with Crippen LogP contribution in [-0.4, -0.2) is 32.5 Å². The van der Waals surface area contributed by atoms with Gasteiger partial charge in [-0.3, -0.25) is 0 Å². The normalized spacial score (nSPS) is 34.7. The standard InChI is InChI=1S/C9H17NO2S/c1-10-9(3-4-9)6-8-2-5-13(11,12)7-8/h8,10H,2-7H2,1H3. The largest absolute Gasteiger partial charge is 0.314 e. The van der Waals surface area contributed by atoms with Crippen LogP contribution in [0.15, 0.2) is 0 Å². The van der Waals surface area contributed by atoms with Gasteiger partial charge in [0.15, 0.2) is 9.84 Å². The number of hydrogen-bond donors (Lipinski definition) is 1. The summed E-state index contributed by atoms with van der Waals surface area (Å²) >= 11 is 0. The fraction of sp³-hybridized carbons (Fsp3) is 1.00. The molecule has 1 aliphatic heterocycles. The maximum absolute atomic E-state index is 11.2. The van der Waals surface area contributed by atoms with E-state index in [4.69, 9.17) is 0 Å². The minimum Gasteiger partial charge on any atom is -0.314 e. The number of hydrogen-bond acceptors (Lipinski definition) is 3. The average molecular weight is 203 g/mol. The Labute approximate surface area is 79.8 Å². The van der Waals surface area contributed by atoms with Gasteiger partial charge >= 0.3 is 0 Å². The molecule has 13 heavy (non-hydrogen) atoms. The van der Waals surface area contributed by atoms with E-state index in [1.165, 1.54) is 12.8 Å². The zero-order valence-electron chi connectivity index (χ0n) is 8.04. The van der Waals surface area contributed by atoms with Gasteiger partial charge in [-0.2, -0.15) is 0 Å². The molecule has 1 saturated carbocycles. The van der Waals surface area contributed by atoms with Gasteiger partial charge in [-0.05, 0) is 38.6 Å². The van der Waals surface area contributed by atoms with Crippen molar-refractivity contribution in [1.29, 1.82) is 0 Å². The molecule has 0 bridgehead atoms. The van der Waals surface area contributed by atoms with Gasteiger partial charge in [0.25, 0.3) is 0 Å². The first-order valence-corrected chi connectivity index (χ1v) is 6.77. The van der Waals surface area contributed by atoms with Crippen molar-refractivity contribution < 1.29 is 8.42 Å². The molecule has 0 aromatic heterocycles. The second-order valence-corrected chi connectivity index (χ2v) is 6.73. The van der Waals surface area contributed by atoms with Crippen LogP contribution in [0.4, 0.5) is 0 Å². The highest BCUT2D eigenvalue weighted by atomic mass is 32.2. The van der Waals surface area contributed by atoms with Gasteiger partial charge in [-0.15, -0.1) is 0 Å². The lowest BCUT2D eigenvalue weighted by molar-refractivity contribution is 0.411. The number of nitrogens with one attached hydrogen (secondary N) is 1. The van der Waals surface area contributed by atoms with E-state index in [1.807, 2.05) is 7.05 Å². The molecule has 4 heteroatoms. The molecular weight excluding hydrogens is 186 g/mol. The van der Waals surface area contributed by atoms with Gasteiger partial charge in [-0.25, -0.2) is 8.42 Å². The van der Waals surface area contributed by atoms with Crippen LogP contribution in [0.5, 0.6) is 0 Å². The second kappa shape index (κ2) is 2.95. The summed E-state index contributed by atoms with van der Waals surface area (Å²) in [6.45, 7) is 0. The second-order valence-electron chi connectivity index (χ2n) is 4.50. The number of rotatable bonds is 3. The Balaban J connectivity index is 1.91. The fourth-order valence-corrected chi connectivity index (χ4v) is 4.15. The third-order valence-corrected chi connectivity index (χ3v) is 5.23. The van der Waals surface area contributed by atoms with Crippen molar-refractivity contribution in [2.45, 2.75) is 31.2 Å². The molecule has 2 aliphatic rings. The summed E-state index contributed by atoms with van der Waals surface area (Å²) < 4.78 is 22.4. The van der Waals surface area contributed by atoms with Crippen LogP contribution in [0.2, 0.25) is 0 Å². The van der Waals surface area contributed by atoms with E-state index in [9.17, 15) is 8.42 Å². The van der Waals surface area contributed by atoms with E-state index in [-0.39, 0.29) is 0 Å². The van der Waals surface area contributed by atoms with Gasteiger partial charge < -0.3 is 5.32 Å². The molecule has 2 fully saturated rings. The van der Waals surface area contributed by atoms with Crippen LogP contribution < -0.4 is 5.32 Å². The van der Waals surface area contributed by atoms with Crippen LogP contribution in [0, 0.1) is 5.92 Å². The zero-order valence-corrected chi connectivity index (χ0v) is 8.86. The molecule has 0 amide bonds. The molecule has 3 nitrogen and oxygen atoms in total. The summed E-state index contributed by atoms with van der Waals surface area (Å²) in [4.78, 5) is 0. The van der Waals surface area contributed by atoms with E-state index in [0.717, 1.165) is 12.8 Å². The Morgan fingerprint density at radius 1 is 1.46 bits per heavy atom. The van der Waals surface area contributed by atoms with Crippen molar-refractivity contribution in [3.8, 4) is 0 Å². The summed E-state index contributed by atoms with van der Waals surface area (Å²) in [5.41, 5.74) is 0.310. The van der Waals surface area contributed by atoms with Crippen molar-refractivity contribution >= 4 is 9.84 Å². The van der Waals surface area contributed by atoms with Crippen LogP contribution in [0.25, 0.3) is 0 Å². The Bertz CT molecular complexity index is 293. The van der Waals surface area contributed by atoms with E-state index in [1.54, 1.807) is 0 Å². The maximum Gasteiger partial charge on any atom is 0.150 e. The Hall–Kier alpha value is -0.0900. The van der Waals surface area contributed by atoms with Crippen molar-refractivity contribution in [1.82, 2.24) is 5.32 Å². The first-order chi connectivity index (χ1) is 6.05. The minimum absolute atomic E-state index is 0.310. The van der Waals surface area contributed by atoms with Crippen LogP contribution in [-0.2, 0) is 9.84 Å². The molecule has 1 aliphatic carbocycles. The first-order valence-electron chi connectivity index (χ1n) is 4.95. The molecular formula is C9H17NO2S. The Kier molecular flexibility index (Phi) is 2.15. The molecule has 1 saturated heterocycles. The lowest BCUT2D eigenvalue weighted by Crippen LogP contribution is -2.30. The van der Waals surface area contributed by atoms with Gasteiger partial charge in [-0.1, -0.05) is 0 Å². The first kappa shape index (κ1) is 9.46. The highest BCUT2D eigenvalue weighted by molar-refractivity contribution is 7.91. The lowest BCUT2D eigenvalue weighted by atomic mass is 9.98. The molecule has 76 valence electrons. The Morgan fingerprint density at radius 2 is 2.15 bits per heavy atom. The number of sulfone groups is 1. The SMILES string of the molecule is CNC1(CC2CCS(=O)(=O)C2)CC1. The van der Waals surface area contributed by atoms with Crippen molar-refractivity contribution in [3.63, 3.8) is 0 Å². The van der Waals surface area contributed by atoms with Crippen molar-refractivity contribution in [3.05, 3.63) is 0 Å². The smallest absolute Gasteiger partial charge is 0.150 e. The monoisotopic (exact) mass is 203 g/mol. The predicted octanol–water partition coefficient (Wildman–Crippen LogP) is 0.563. The summed E-state index contributed by atoms with van der Waals surface area (Å²) in [6, 6.07) is 0. The van der Waals surface area contributed by atoms with E-state index >= 15 is 0 Å². The van der Waals surface area contributed by atoms with Crippen LogP contribution >= 0.6 is 0 Å². The summed E-state index contributed by atoms with van der Waals surface area (Å²) in [7, 11) is -0.693. The quantitative estimate of drug-likeness (QED) is 0.729. The molecule has 1 heterocycles. The highest BCUT2D eigenvalue weighted by Crippen LogP contribution is 2.42. The molecule has 0 aromatic carbocycles. The lowest BCUT2D eigenvalue weighted by Gasteiger charge is -2.17. The third-order valence-electron chi connectivity index (χ3n) is 3.39. The molecule has 1 N–H and O–H groups in total. The van der Waals surface area contributed by atoms with Crippen LogP contribution in [0.3, 0.4) is 0 Å². The predicted molar refractivity (Wildman–Crippen MR) is 52.4 cm³/mol. The van der Waals surface area contributed by atoms with Gasteiger partial charge in [0, 0.05) is 5.54 Å². The van der Waals surface area contributed by atoms with Crippen LogP contribution in [0.1, 0.15) is 25.7 Å². The van der Waals surface area contributed by atoms with Crippen molar-refractivity contribution in [2.75, 3.05) is 18.6 Å². The topological polar surface area (TPSA) is 46.2 Å². The zero-order chi connectivity index (χ0) is 9.53. The summed E-state index contributed by atoms with van der Waals surface area (Å²) in [5, 5.41) is 3.31. The van der Waals surface area contributed by atoms with Gasteiger partial charge in [0.1, 0.15) is 0 Å². The molecule has 1 unspecified atom stereocenters. The minimum atomic E-state index is -2.68. The van der Waals surface area contributed by atoms with Crippen molar-refractivity contribution in [2.24, 2.45) is 5.92 Å². The van der Waals surface area contributed by atoms with E-state index in [2.05, 4.69) is 5.32 Å². The molecule has 0 radical (unpaired) electrons. The molecule has 2 rings (SSSR count). The van der Waals surface area contributed by atoms with Gasteiger partial charge in [0.05, 0.1) is 11.5 Å². The van der Waals surface area contributed by atoms with Gasteiger partial charge in [0.2, 0.25) is 0 Å².